The van der Waals surface area contributed by atoms with Gasteiger partial charge in [-0.15, -0.1) is 53.6 Å². The molecule has 7 aromatic carbocycles. The minimum absolute atomic E-state index is 0. The second-order valence-corrected chi connectivity index (χ2v) is 24.9. The number of pyridine rings is 2. The zero-order valence-electron chi connectivity index (χ0n) is 44.4. The van der Waals surface area contributed by atoms with Crippen molar-refractivity contribution >= 4 is 46.4 Å². The fraction of sp³-hybridized carbons (Fsp3) is 0.172. The van der Waals surface area contributed by atoms with Crippen LogP contribution in [0.15, 0.2) is 181 Å². The molecule has 0 unspecified atom stereocenters. The van der Waals surface area contributed by atoms with Gasteiger partial charge in [-0.3, -0.25) is 4.98 Å². The van der Waals surface area contributed by atoms with Gasteiger partial charge in [0, 0.05) is 47.7 Å². The van der Waals surface area contributed by atoms with Gasteiger partial charge in [0.1, 0.15) is 5.58 Å². The maximum atomic E-state index is 7.35. The number of aryl methyl sites for hydroxylation is 2. The molecule has 0 atom stereocenters. The van der Waals surface area contributed by atoms with Crippen molar-refractivity contribution < 1.29 is 28.6 Å². The molecular weight excluding hydrogens is 1060 g/mol. The summed E-state index contributed by atoms with van der Waals surface area (Å²) in [4.78, 5) is 14.6. The third-order valence-electron chi connectivity index (χ3n) is 13.1. The van der Waals surface area contributed by atoms with Gasteiger partial charge in [-0.1, -0.05) is 174 Å². The molecule has 5 nitrogen and oxygen atoms in total. The van der Waals surface area contributed by atoms with Crippen LogP contribution in [0.2, 0.25) is 19.6 Å². The van der Waals surface area contributed by atoms with Crippen molar-refractivity contribution in [3.05, 3.63) is 211 Å². The van der Waals surface area contributed by atoms with E-state index in [0.29, 0.717) is 11.2 Å². The van der Waals surface area contributed by atoms with Gasteiger partial charge in [-0.05, 0) is 104 Å². The van der Waals surface area contributed by atoms with Gasteiger partial charge in [0.05, 0.1) is 25.0 Å². The maximum Gasteiger partial charge on any atom is 0.168 e. The predicted molar refractivity (Wildman–Crippen MR) is 296 cm³/mol. The summed E-state index contributed by atoms with van der Waals surface area (Å²) in [5, 5.41) is 3.41. The summed E-state index contributed by atoms with van der Waals surface area (Å²) in [7, 11) is -1.34. The number of aromatic nitrogens is 4. The van der Waals surface area contributed by atoms with Crippen LogP contribution in [0.3, 0.4) is 0 Å². The summed E-state index contributed by atoms with van der Waals surface area (Å²) in [6.45, 7) is 16.0. The maximum absolute atomic E-state index is 7.35. The van der Waals surface area contributed by atoms with E-state index in [1.165, 1.54) is 44.6 Å². The smallest absolute Gasteiger partial charge is 0.168 e. The fourth-order valence-electron chi connectivity index (χ4n) is 9.23. The fourth-order valence-corrected chi connectivity index (χ4v) is 10.3. The Labute approximate surface area is 437 Å². The van der Waals surface area contributed by atoms with E-state index < -0.39 is 14.9 Å². The number of hydrogen-bond acceptors (Lipinski definition) is 4. The van der Waals surface area contributed by atoms with Crippen molar-refractivity contribution in [2.24, 2.45) is 0 Å². The zero-order chi connectivity index (χ0) is 51.2. The molecule has 0 N–H and O–H groups in total. The Morgan fingerprint density at radius 1 is 0.606 bits per heavy atom. The molecule has 355 valence electrons. The molecular formula is C64H58IrN4OSi-2. The van der Waals surface area contributed by atoms with Crippen LogP contribution in [0.4, 0.5) is 0 Å². The van der Waals surface area contributed by atoms with Gasteiger partial charge in [-0.2, -0.15) is 0 Å². The molecule has 7 heteroatoms. The van der Waals surface area contributed by atoms with Crippen molar-refractivity contribution in [2.75, 3.05) is 0 Å². The number of hydrogen-bond donors (Lipinski definition) is 0. The van der Waals surface area contributed by atoms with Gasteiger partial charge < -0.3 is 14.0 Å². The van der Waals surface area contributed by atoms with E-state index in [0.717, 1.165) is 72.5 Å². The van der Waals surface area contributed by atoms with E-state index in [-0.39, 0.29) is 31.9 Å². The first-order chi connectivity index (χ1) is 35.0. The van der Waals surface area contributed by atoms with Crippen LogP contribution in [-0.4, -0.2) is 27.6 Å². The number of benzene rings is 7. The van der Waals surface area contributed by atoms with Crippen LogP contribution in [-0.2, 0) is 20.1 Å². The second kappa shape index (κ2) is 20.4. The molecule has 0 aliphatic rings. The van der Waals surface area contributed by atoms with Crippen molar-refractivity contribution in [3.8, 4) is 61.7 Å². The normalized spacial score (nSPS) is 12.4. The summed E-state index contributed by atoms with van der Waals surface area (Å²) in [5.74, 6) is 1.27. The SMILES string of the molecule is Cc1cnc2nc(-c3[c-]ccc4c3oc3cc(-c5ccc(-c6ccccc6)cc5)ccc34)n(-c3c(C(C)C)cc(-c4ccccc4)cc3C(C)C)c2c1.[2H]C([2H])([2H])c1c[c-]c(-c2ccc([Si](C)(C)C)cn2)cc1.[Ir]. The average Bonchev–Trinajstić information content (AvgIpc) is 3.97. The van der Waals surface area contributed by atoms with Crippen molar-refractivity contribution in [1.29, 1.82) is 0 Å². The average molecular weight is 1120 g/mol. The van der Waals surface area contributed by atoms with E-state index in [4.69, 9.17) is 18.5 Å². The number of rotatable bonds is 9. The topological polar surface area (TPSA) is 56.7 Å². The predicted octanol–water partition coefficient (Wildman–Crippen LogP) is 16.7. The van der Waals surface area contributed by atoms with Crippen LogP contribution in [0.25, 0.3) is 94.8 Å². The van der Waals surface area contributed by atoms with E-state index in [9.17, 15) is 0 Å². The van der Waals surface area contributed by atoms with Crippen molar-refractivity contribution in [2.45, 2.75) is 72.9 Å². The molecule has 4 aromatic heterocycles. The summed E-state index contributed by atoms with van der Waals surface area (Å²) in [6, 6.07) is 63.0. The first-order valence-electron chi connectivity index (χ1n) is 25.6. The molecule has 0 fully saturated rings. The molecule has 0 aliphatic carbocycles. The summed E-state index contributed by atoms with van der Waals surface area (Å²) >= 11 is 0. The molecule has 71 heavy (non-hydrogen) atoms. The Morgan fingerprint density at radius 3 is 1.83 bits per heavy atom. The van der Waals surface area contributed by atoms with E-state index in [1.807, 2.05) is 30.6 Å². The molecule has 0 saturated carbocycles. The zero-order valence-corrected chi connectivity index (χ0v) is 44.8. The number of nitrogens with zero attached hydrogens (tertiary/aromatic N) is 4. The van der Waals surface area contributed by atoms with Crippen LogP contribution < -0.4 is 5.19 Å². The minimum atomic E-state index is -2.08. The summed E-state index contributed by atoms with van der Waals surface area (Å²) in [6.07, 6.45) is 3.82. The van der Waals surface area contributed by atoms with E-state index in [1.54, 1.807) is 12.1 Å². The molecule has 11 rings (SSSR count). The van der Waals surface area contributed by atoms with Crippen molar-refractivity contribution in [3.63, 3.8) is 0 Å². The minimum Gasteiger partial charge on any atom is -0.501 e. The van der Waals surface area contributed by atoms with E-state index in [2.05, 4.69) is 203 Å². The van der Waals surface area contributed by atoms with Crippen LogP contribution in [0.1, 0.15) is 65.9 Å². The van der Waals surface area contributed by atoms with Gasteiger partial charge in [0.2, 0.25) is 0 Å². The number of imidazole rings is 1. The van der Waals surface area contributed by atoms with Gasteiger partial charge >= 0.3 is 0 Å². The Kier molecular flexibility index (Phi) is 12.9. The van der Waals surface area contributed by atoms with E-state index >= 15 is 0 Å². The Hall–Kier alpha value is -7.02. The standard InChI is InChI=1S/C49H40N3O.C15H18NSi.Ir/c1-30(2)42-26-38(34-15-10-7-11-16-34)27-43(31(3)4)46(42)52-44-25-32(5)29-50-48(44)51-49(52)41-18-12-17-40-39-24-23-37(28-45(39)53-47(40)41)36-21-19-35(20-22-36)33-13-8-6-9-14-33;1-12-5-7-13(8-6-12)15-10-9-14(11-16-15)17(2,3)4;/h6-17,19-31H,1-5H3;5-7,9-11H,1-4H3;/q2*-1;/i;1D3;. The number of fused-ring (bicyclic) bond motifs is 4. The summed E-state index contributed by atoms with van der Waals surface area (Å²) in [5.41, 5.74) is 17.9. The van der Waals surface area contributed by atoms with Crippen LogP contribution >= 0.6 is 0 Å². The third kappa shape index (κ3) is 10.0. The van der Waals surface area contributed by atoms with Gasteiger partial charge in [-0.25, -0.2) is 4.98 Å². The molecule has 4 heterocycles. The molecule has 0 bridgehead atoms. The molecule has 0 saturated heterocycles. The quantitative estimate of drug-likeness (QED) is 0.107. The Bertz CT molecular complexity index is 3660. The molecule has 1 radical (unpaired) electrons. The summed E-state index contributed by atoms with van der Waals surface area (Å²) < 4.78 is 31.2. The Morgan fingerprint density at radius 2 is 1.24 bits per heavy atom. The van der Waals surface area contributed by atoms with Crippen molar-refractivity contribution in [1.82, 2.24) is 19.5 Å². The molecule has 11 aromatic rings. The van der Waals surface area contributed by atoms with Gasteiger partial charge in [0.15, 0.2) is 5.65 Å². The molecule has 0 amide bonds. The Balaban J connectivity index is 0.000000270. The molecule has 0 spiro atoms. The largest absolute Gasteiger partial charge is 0.501 e. The van der Waals surface area contributed by atoms with Crippen LogP contribution in [0.5, 0.6) is 0 Å². The third-order valence-corrected chi connectivity index (χ3v) is 15.1. The first-order valence-corrected chi connectivity index (χ1v) is 27.6. The van der Waals surface area contributed by atoms with Gasteiger partial charge in [0.25, 0.3) is 0 Å². The van der Waals surface area contributed by atoms with Crippen LogP contribution in [0, 0.1) is 25.9 Å². The monoisotopic (exact) mass is 1120 g/mol. The first kappa shape index (κ1) is 45.1. The molecule has 0 aliphatic heterocycles. The second-order valence-electron chi connectivity index (χ2n) is 19.8. The number of furan rings is 1.